The van der Waals surface area contributed by atoms with Crippen molar-refractivity contribution < 1.29 is 4.74 Å². The number of ether oxygens (including phenoxy) is 1. The first-order valence-electron chi connectivity index (χ1n) is 10.3. The number of aliphatic imine (C=N–C) groups is 1. The van der Waals surface area contributed by atoms with Gasteiger partial charge >= 0.3 is 0 Å². The minimum atomic E-state index is 0. The van der Waals surface area contributed by atoms with Gasteiger partial charge in [-0.05, 0) is 13.3 Å². The lowest BCUT2D eigenvalue weighted by atomic mass is 9.93. The molecule has 0 aromatic carbocycles. The van der Waals surface area contributed by atoms with E-state index in [2.05, 4.69) is 48.2 Å². The number of nitrogens with zero attached hydrogens (tertiary/aromatic N) is 4. The molecule has 0 aliphatic carbocycles. The van der Waals surface area contributed by atoms with E-state index in [1.807, 2.05) is 0 Å². The monoisotopic (exact) mass is 521 g/mol. The summed E-state index contributed by atoms with van der Waals surface area (Å²) in [6.07, 6.45) is 2.13. The van der Waals surface area contributed by atoms with E-state index >= 15 is 0 Å². The zero-order valence-corrected chi connectivity index (χ0v) is 20.9. The first-order valence-corrected chi connectivity index (χ1v) is 11.1. The van der Waals surface area contributed by atoms with E-state index in [1.54, 1.807) is 11.3 Å². The highest BCUT2D eigenvalue weighted by atomic mass is 127. The maximum atomic E-state index is 5.49. The molecule has 3 rings (SSSR count). The van der Waals surface area contributed by atoms with Crippen molar-refractivity contribution in [2.45, 2.75) is 52.0 Å². The van der Waals surface area contributed by atoms with Crippen molar-refractivity contribution in [3.63, 3.8) is 0 Å². The Balaban J connectivity index is 0.00000280. The highest BCUT2D eigenvalue weighted by Gasteiger charge is 2.30. The average Bonchev–Trinajstić information content (AvgIpc) is 3.31. The number of likely N-dealkylation sites (tertiary alicyclic amines) is 1. The molecule has 2 aliphatic rings. The first kappa shape index (κ1) is 23.8. The van der Waals surface area contributed by atoms with Crippen LogP contribution in [0, 0.1) is 0 Å². The second-order valence-corrected chi connectivity index (χ2v) is 9.34. The van der Waals surface area contributed by atoms with Crippen LogP contribution in [0.4, 0.5) is 0 Å². The van der Waals surface area contributed by atoms with Crippen LogP contribution in [0.1, 0.15) is 44.8 Å². The number of hydrogen-bond donors (Lipinski definition) is 1. The third kappa shape index (κ3) is 6.53. The summed E-state index contributed by atoms with van der Waals surface area (Å²) in [6, 6.07) is 0.631. The van der Waals surface area contributed by atoms with Gasteiger partial charge in [-0.25, -0.2) is 4.98 Å². The fraction of sp³-hybridized carbons (Fsp3) is 0.800. The van der Waals surface area contributed by atoms with E-state index in [0.29, 0.717) is 6.04 Å². The highest BCUT2D eigenvalue weighted by Crippen LogP contribution is 2.24. The lowest BCUT2D eigenvalue weighted by molar-refractivity contribution is 0.0195. The molecule has 6 nitrogen and oxygen atoms in total. The van der Waals surface area contributed by atoms with E-state index in [-0.39, 0.29) is 29.4 Å². The SMILES string of the molecule is CCNC(=NCCc1nc(C(C)(C)C)cs1)N1CCC(N2CCOCC2)C1.I. The average molecular weight is 522 g/mol. The number of aromatic nitrogens is 1. The number of nitrogens with one attached hydrogen (secondary N) is 1. The molecule has 1 aromatic heterocycles. The van der Waals surface area contributed by atoms with Crippen LogP contribution in [-0.4, -0.2) is 79.3 Å². The third-order valence-corrected chi connectivity index (χ3v) is 6.18. The van der Waals surface area contributed by atoms with E-state index in [9.17, 15) is 0 Å². The molecule has 0 amide bonds. The van der Waals surface area contributed by atoms with Crippen molar-refractivity contribution in [1.29, 1.82) is 0 Å². The molecule has 0 bridgehead atoms. The zero-order valence-electron chi connectivity index (χ0n) is 17.7. The van der Waals surface area contributed by atoms with Crippen LogP contribution in [0.15, 0.2) is 10.4 Å². The van der Waals surface area contributed by atoms with Gasteiger partial charge in [0, 0.05) is 62.5 Å². The zero-order chi connectivity index (χ0) is 19.3. The molecule has 1 N–H and O–H groups in total. The molecule has 0 spiro atoms. The Morgan fingerprint density at radius 3 is 2.71 bits per heavy atom. The van der Waals surface area contributed by atoms with Crippen molar-refractivity contribution >= 4 is 41.3 Å². The van der Waals surface area contributed by atoms with Gasteiger partial charge in [-0.3, -0.25) is 9.89 Å². The van der Waals surface area contributed by atoms with Crippen LogP contribution in [0.25, 0.3) is 0 Å². The molecular formula is C20H36IN5OS. The molecule has 160 valence electrons. The lowest BCUT2D eigenvalue weighted by Crippen LogP contribution is -2.46. The normalized spacial score (nSPS) is 21.6. The van der Waals surface area contributed by atoms with Gasteiger partial charge in [0.25, 0.3) is 0 Å². The fourth-order valence-electron chi connectivity index (χ4n) is 3.63. The molecule has 2 saturated heterocycles. The van der Waals surface area contributed by atoms with Gasteiger partial charge in [-0.15, -0.1) is 35.3 Å². The standard InChI is InChI=1S/C20H35N5OS.HI/c1-5-21-19(22-8-6-18-23-17(15-27-18)20(2,3)4)25-9-7-16(14-25)24-10-12-26-13-11-24;/h15-16H,5-14H2,1-4H3,(H,21,22);1H. The Labute approximate surface area is 191 Å². The Bertz CT molecular complexity index is 624. The Morgan fingerprint density at radius 1 is 1.32 bits per heavy atom. The quantitative estimate of drug-likeness (QED) is 0.367. The number of rotatable bonds is 5. The van der Waals surface area contributed by atoms with Crippen LogP contribution >= 0.6 is 35.3 Å². The van der Waals surface area contributed by atoms with E-state index in [1.165, 1.54) is 17.1 Å². The third-order valence-electron chi connectivity index (χ3n) is 5.27. The number of morpholine rings is 1. The predicted octanol–water partition coefficient (Wildman–Crippen LogP) is 2.97. The fourth-order valence-corrected chi connectivity index (χ4v) is 4.64. The van der Waals surface area contributed by atoms with Crippen molar-refractivity contribution in [3.8, 4) is 0 Å². The van der Waals surface area contributed by atoms with Crippen molar-refractivity contribution in [2.24, 2.45) is 4.99 Å². The summed E-state index contributed by atoms with van der Waals surface area (Å²) in [6.45, 7) is 16.5. The molecule has 3 heterocycles. The van der Waals surface area contributed by atoms with Crippen LogP contribution in [0.5, 0.6) is 0 Å². The second kappa shape index (κ2) is 11.1. The van der Waals surface area contributed by atoms with Gasteiger partial charge in [0.1, 0.15) is 0 Å². The maximum Gasteiger partial charge on any atom is 0.193 e. The molecule has 0 radical (unpaired) electrons. The summed E-state index contributed by atoms with van der Waals surface area (Å²) >= 11 is 1.76. The van der Waals surface area contributed by atoms with Crippen molar-refractivity contribution in [1.82, 2.24) is 20.1 Å². The first-order chi connectivity index (χ1) is 13.0. The number of hydrogen-bond acceptors (Lipinski definition) is 5. The molecule has 8 heteroatoms. The minimum Gasteiger partial charge on any atom is -0.379 e. The van der Waals surface area contributed by atoms with Gasteiger partial charge < -0.3 is 15.0 Å². The van der Waals surface area contributed by atoms with Crippen LogP contribution in [0.3, 0.4) is 0 Å². The van der Waals surface area contributed by atoms with E-state index < -0.39 is 0 Å². The number of thiazole rings is 1. The number of halogens is 1. The summed E-state index contributed by atoms with van der Waals surface area (Å²) in [5, 5.41) is 6.86. The lowest BCUT2D eigenvalue weighted by Gasteiger charge is -2.32. The molecule has 2 aliphatic heterocycles. The molecular weight excluding hydrogens is 485 g/mol. The molecule has 2 fully saturated rings. The minimum absolute atomic E-state index is 0. The Hall–Kier alpha value is -0.450. The van der Waals surface area contributed by atoms with E-state index in [4.69, 9.17) is 14.7 Å². The van der Waals surface area contributed by atoms with E-state index in [0.717, 1.165) is 64.9 Å². The topological polar surface area (TPSA) is 53.0 Å². The largest absolute Gasteiger partial charge is 0.379 e. The van der Waals surface area contributed by atoms with Crippen molar-refractivity contribution in [2.75, 3.05) is 52.5 Å². The summed E-state index contributed by atoms with van der Waals surface area (Å²) in [7, 11) is 0. The molecule has 28 heavy (non-hydrogen) atoms. The maximum absolute atomic E-state index is 5.49. The van der Waals surface area contributed by atoms with Gasteiger partial charge in [0.05, 0.1) is 23.9 Å². The van der Waals surface area contributed by atoms with Gasteiger partial charge in [0.15, 0.2) is 5.96 Å². The summed E-state index contributed by atoms with van der Waals surface area (Å²) in [5.74, 6) is 1.06. The smallest absolute Gasteiger partial charge is 0.193 e. The highest BCUT2D eigenvalue weighted by molar-refractivity contribution is 14.0. The van der Waals surface area contributed by atoms with Gasteiger partial charge in [-0.1, -0.05) is 20.8 Å². The number of guanidine groups is 1. The summed E-state index contributed by atoms with van der Waals surface area (Å²) < 4.78 is 5.49. The Morgan fingerprint density at radius 2 is 2.07 bits per heavy atom. The Kier molecular flexibility index (Phi) is 9.43. The predicted molar refractivity (Wildman–Crippen MR) is 128 cm³/mol. The molecule has 1 unspecified atom stereocenters. The van der Waals surface area contributed by atoms with Crippen molar-refractivity contribution in [3.05, 3.63) is 16.1 Å². The van der Waals surface area contributed by atoms with Crippen LogP contribution < -0.4 is 5.32 Å². The molecule has 1 atom stereocenters. The van der Waals surface area contributed by atoms with Gasteiger partial charge in [0.2, 0.25) is 0 Å². The summed E-state index contributed by atoms with van der Waals surface area (Å²) in [4.78, 5) is 14.7. The van der Waals surface area contributed by atoms with Crippen LogP contribution in [0.2, 0.25) is 0 Å². The summed E-state index contributed by atoms with van der Waals surface area (Å²) in [5.41, 5.74) is 1.31. The van der Waals surface area contributed by atoms with Crippen LogP contribution in [-0.2, 0) is 16.6 Å². The second-order valence-electron chi connectivity index (χ2n) is 8.40. The molecule has 1 aromatic rings. The van der Waals surface area contributed by atoms with Gasteiger partial charge in [-0.2, -0.15) is 0 Å². The molecule has 0 saturated carbocycles.